The van der Waals surface area contributed by atoms with Crippen LogP contribution in [0.15, 0.2) is 30.9 Å². The molecule has 0 unspecified atom stereocenters. The van der Waals surface area contributed by atoms with Gasteiger partial charge in [0, 0.05) is 12.6 Å². The van der Waals surface area contributed by atoms with Crippen LogP contribution in [-0.4, -0.2) is 26.8 Å². The van der Waals surface area contributed by atoms with E-state index < -0.39 is 0 Å². The molecule has 0 saturated carbocycles. The third-order valence-corrected chi connectivity index (χ3v) is 2.48. The maximum atomic E-state index is 5.59. The topological polar surface area (TPSA) is 21.7 Å². The van der Waals surface area contributed by atoms with Gasteiger partial charge in [-0.2, -0.15) is 0 Å². The maximum absolute atomic E-state index is 5.59. The minimum atomic E-state index is 0.716. The van der Waals surface area contributed by atoms with Crippen LogP contribution < -0.4 is 14.4 Å². The van der Waals surface area contributed by atoms with E-state index >= 15 is 0 Å². The van der Waals surface area contributed by atoms with Gasteiger partial charge in [-0.3, -0.25) is 0 Å². The lowest BCUT2D eigenvalue weighted by Crippen LogP contribution is -2.32. The predicted octanol–water partition coefficient (Wildman–Crippen LogP) is 2.08. The molecule has 0 spiro atoms. The molecule has 1 aliphatic rings. The first kappa shape index (κ1) is 9.90. The van der Waals surface area contributed by atoms with E-state index in [1.54, 1.807) is 7.11 Å². The highest BCUT2D eigenvalue weighted by Crippen LogP contribution is 2.34. The van der Waals surface area contributed by atoms with Gasteiger partial charge in [-0.05, 0) is 12.1 Å². The highest BCUT2D eigenvalue weighted by atomic mass is 16.5. The molecule has 2 rings (SSSR count). The van der Waals surface area contributed by atoms with E-state index in [2.05, 4.69) is 11.5 Å². The Hall–Kier alpha value is -1.64. The van der Waals surface area contributed by atoms with Crippen molar-refractivity contribution < 1.29 is 9.47 Å². The van der Waals surface area contributed by atoms with Gasteiger partial charge in [0.15, 0.2) is 0 Å². The van der Waals surface area contributed by atoms with Crippen LogP contribution in [0.25, 0.3) is 0 Å². The molecule has 1 aromatic carbocycles. The summed E-state index contributed by atoms with van der Waals surface area (Å²) in [5.41, 5.74) is 1.11. The van der Waals surface area contributed by atoms with Gasteiger partial charge >= 0.3 is 0 Å². The molecule has 0 N–H and O–H groups in total. The van der Waals surface area contributed by atoms with E-state index in [1.165, 1.54) is 0 Å². The highest BCUT2D eigenvalue weighted by Gasteiger charge is 2.17. The number of benzene rings is 1. The molecule has 0 amide bonds. The Labute approximate surface area is 89.9 Å². The zero-order valence-electron chi connectivity index (χ0n) is 8.90. The average molecular weight is 205 g/mol. The Morgan fingerprint density at radius 1 is 1.60 bits per heavy atom. The maximum Gasteiger partial charge on any atom is 0.146 e. The number of hydrogen-bond acceptors (Lipinski definition) is 3. The molecule has 1 aliphatic heterocycles. The summed E-state index contributed by atoms with van der Waals surface area (Å²) in [7, 11) is 1.66. The normalized spacial score (nSPS) is 14.1. The molecular weight excluding hydrogens is 190 g/mol. The lowest BCUT2D eigenvalue weighted by Gasteiger charge is -2.30. The number of fused-ring (bicyclic) bond motifs is 1. The van der Waals surface area contributed by atoms with Crippen LogP contribution in [0, 0.1) is 0 Å². The molecule has 15 heavy (non-hydrogen) atoms. The Kier molecular flexibility index (Phi) is 2.81. The Balaban J connectivity index is 2.31. The van der Waals surface area contributed by atoms with Crippen LogP contribution in [0.3, 0.4) is 0 Å². The molecule has 0 fully saturated rings. The minimum absolute atomic E-state index is 0.716. The van der Waals surface area contributed by atoms with E-state index in [4.69, 9.17) is 9.47 Å². The summed E-state index contributed by atoms with van der Waals surface area (Å²) in [6, 6.07) is 5.89. The predicted molar refractivity (Wildman–Crippen MR) is 60.9 cm³/mol. The fourth-order valence-corrected chi connectivity index (χ4v) is 1.73. The Bertz CT molecular complexity index is 363. The first-order valence-corrected chi connectivity index (χ1v) is 5.02. The van der Waals surface area contributed by atoms with Crippen molar-refractivity contribution in [2.24, 2.45) is 0 Å². The lowest BCUT2D eigenvalue weighted by molar-refractivity contribution is 0.306. The van der Waals surface area contributed by atoms with E-state index in [0.29, 0.717) is 6.61 Å². The molecule has 0 saturated heterocycles. The van der Waals surface area contributed by atoms with Crippen molar-refractivity contribution in [1.29, 1.82) is 0 Å². The van der Waals surface area contributed by atoms with Crippen molar-refractivity contribution in [3.8, 4) is 11.5 Å². The monoisotopic (exact) mass is 205 g/mol. The molecule has 1 heterocycles. The van der Waals surface area contributed by atoms with Gasteiger partial charge in [0.2, 0.25) is 0 Å². The zero-order chi connectivity index (χ0) is 10.7. The lowest BCUT2D eigenvalue weighted by atomic mass is 10.2. The number of anilines is 1. The van der Waals surface area contributed by atoms with Crippen LogP contribution in [0.2, 0.25) is 0 Å². The highest BCUT2D eigenvalue weighted by molar-refractivity contribution is 5.62. The van der Waals surface area contributed by atoms with Crippen molar-refractivity contribution >= 4 is 5.69 Å². The van der Waals surface area contributed by atoms with Crippen LogP contribution in [0.4, 0.5) is 5.69 Å². The second-order valence-electron chi connectivity index (χ2n) is 3.42. The van der Waals surface area contributed by atoms with Crippen molar-refractivity contribution in [3.63, 3.8) is 0 Å². The number of nitrogens with zero attached hydrogens (tertiary/aromatic N) is 1. The number of methoxy groups -OCH3 is 1. The SMILES string of the molecule is C=CCN1CCOc2cc(OC)ccc21. The molecule has 0 aliphatic carbocycles. The largest absolute Gasteiger partial charge is 0.497 e. The van der Waals surface area contributed by atoms with Gasteiger partial charge in [-0.15, -0.1) is 6.58 Å². The smallest absolute Gasteiger partial charge is 0.146 e. The molecule has 0 aromatic heterocycles. The Morgan fingerprint density at radius 3 is 3.20 bits per heavy atom. The van der Waals surface area contributed by atoms with Crippen LogP contribution in [0.5, 0.6) is 11.5 Å². The second-order valence-corrected chi connectivity index (χ2v) is 3.42. The summed E-state index contributed by atoms with van der Waals surface area (Å²) >= 11 is 0. The van der Waals surface area contributed by atoms with E-state index in [1.807, 2.05) is 24.3 Å². The molecule has 3 heteroatoms. The van der Waals surface area contributed by atoms with Crippen molar-refractivity contribution in [2.75, 3.05) is 31.7 Å². The standard InChI is InChI=1S/C12H15NO2/c1-3-6-13-7-8-15-12-9-10(14-2)4-5-11(12)13/h3-5,9H,1,6-8H2,2H3. The van der Waals surface area contributed by atoms with Crippen molar-refractivity contribution in [3.05, 3.63) is 30.9 Å². The number of hydrogen-bond donors (Lipinski definition) is 0. The number of rotatable bonds is 3. The first-order chi connectivity index (χ1) is 7.35. The molecular formula is C12H15NO2. The molecule has 80 valence electrons. The fraction of sp³-hybridized carbons (Fsp3) is 0.333. The summed E-state index contributed by atoms with van der Waals surface area (Å²) in [6.07, 6.45) is 1.90. The summed E-state index contributed by atoms with van der Waals surface area (Å²) in [5.74, 6) is 1.72. The third kappa shape index (κ3) is 1.91. The Morgan fingerprint density at radius 2 is 2.47 bits per heavy atom. The van der Waals surface area contributed by atoms with Crippen LogP contribution in [-0.2, 0) is 0 Å². The van der Waals surface area contributed by atoms with Crippen LogP contribution >= 0.6 is 0 Å². The summed E-state index contributed by atoms with van der Waals surface area (Å²) in [5, 5.41) is 0. The third-order valence-electron chi connectivity index (χ3n) is 2.48. The molecule has 1 aromatic rings. The fourth-order valence-electron chi connectivity index (χ4n) is 1.73. The van der Waals surface area contributed by atoms with Gasteiger partial charge in [-0.25, -0.2) is 0 Å². The zero-order valence-corrected chi connectivity index (χ0v) is 8.90. The van der Waals surface area contributed by atoms with Gasteiger partial charge in [0.05, 0.1) is 19.3 Å². The summed E-state index contributed by atoms with van der Waals surface area (Å²) in [6.45, 7) is 6.23. The summed E-state index contributed by atoms with van der Waals surface area (Å²) in [4.78, 5) is 2.24. The minimum Gasteiger partial charge on any atom is -0.497 e. The first-order valence-electron chi connectivity index (χ1n) is 5.02. The van der Waals surface area contributed by atoms with E-state index in [9.17, 15) is 0 Å². The molecule has 0 radical (unpaired) electrons. The van der Waals surface area contributed by atoms with Gasteiger partial charge in [0.1, 0.15) is 18.1 Å². The van der Waals surface area contributed by atoms with Gasteiger partial charge in [0.25, 0.3) is 0 Å². The van der Waals surface area contributed by atoms with Crippen molar-refractivity contribution in [1.82, 2.24) is 0 Å². The average Bonchev–Trinajstić information content (AvgIpc) is 2.29. The second kappa shape index (κ2) is 4.26. The van der Waals surface area contributed by atoms with E-state index in [-0.39, 0.29) is 0 Å². The summed E-state index contributed by atoms with van der Waals surface area (Å²) < 4.78 is 10.7. The van der Waals surface area contributed by atoms with Gasteiger partial charge < -0.3 is 14.4 Å². The molecule has 3 nitrogen and oxygen atoms in total. The van der Waals surface area contributed by atoms with E-state index in [0.717, 1.165) is 30.3 Å². The molecule has 0 atom stereocenters. The number of ether oxygens (including phenoxy) is 2. The quantitative estimate of drug-likeness (QED) is 0.705. The van der Waals surface area contributed by atoms with Crippen LogP contribution in [0.1, 0.15) is 0 Å². The van der Waals surface area contributed by atoms with Gasteiger partial charge in [-0.1, -0.05) is 6.08 Å². The van der Waals surface area contributed by atoms with Crippen molar-refractivity contribution in [2.45, 2.75) is 0 Å². The molecule has 0 bridgehead atoms.